The molecule has 0 bridgehead atoms. The Morgan fingerprint density at radius 1 is 1.08 bits per heavy atom. The SMILES string of the molecule is CC[C@H](Oc1ccccc1)C(=O)N1CCN(c2ncccn2)CC1. The lowest BCUT2D eigenvalue weighted by Gasteiger charge is -2.36. The van der Waals surface area contributed by atoms with Gasteiger partial charge in [0, 0.05) is 38.6 Å². The molecule has 1 fully saturated rings. The zero-order valence-corrected chi connectivity index (χ0v) is 13.8. The van der Waals surface area contributed by atoms with Crippen LogP contribution in [-0.2, 0) is 4.79 Å². The second-order valence-electron chi connectivity index (χ2n) is 5.69. The molecule has 6 heteroatoms. The number of benzene rings is 1. The number of carbonyl (C=O) groups excluding carboxylic acids is 1. The molecule has 0 saturated carbocycles. The van der Waals surface area contributed by atoms with Crippen LogP contribution in [0.25, 0.3) is 0 Å². The minimum absolute atomic E-state index is 0.0509. The molecule has 0 radical (unpaired) electrons. The minimum atomic E-state index is -0.438. The Bertz CT molecular complexity index is 643. The van der Waals surface area contributed by atoms with Crippen LogP contribution in [0.3, 0.4) is 0 Å². The smallest absolute Gasteiger partial charge is 0.263 e. The Morgan fingerprint density at radius 3 is 2.38 bits per heavy atom. The number of para-hydroxylation sites is 1. The van der Waals surface area contributed by atoms with Gasteiger partial charge >= 0.3 is 0 Å². The predicted molar refractivity (Wildman–Crippen MR) is 92.0 cm³/mol. The van der Waals surface area contributed by atoms with Crippen molar-refractivity contribution >= 4 is 11.9 Å². The van der Waals surface area contributed by atoms with Gasteiger partial charge in [0.15, 0.2) is 6.10 Å². The van der Waals surface area contributed by atoms with E-state index in [0.29, 0.717) is 19.5 Å². The summed E-state index contributed by atoms with van der Waals surface area (Å²) in [6.07, 6.45) is 3.68. The van der Waals surface area contributed by atoms with E-state index in [1.54, 1.807) is 18.5 Å². The molecule has 1 aromatic heterocycles. The summed E-state index contributed by atoms with van der Waals surface area (Å²) in [7, 11) is 0. The fourth-order valence-electron chi connectivity index (χ4n) is 2.76. The summed E-state index contributed by atoms with van der Waals surface area (Å²) in [5, 5.41) is 0. The van der Waals surface area contributed by atoms with Crippen molar-refractivity contribution in [1.29, 1.82) is 0 Å². The number of rotatable bonds is 5. The number of piperazine rings is 1. The number of ether oxygens (including phenoxy) is 1. The highest BCUT2D eigenvalue weighted by Gasteiger charge is 2.28. The van der Waals surface area contributed by atoms with E-state index in [9.17, 15) is 4.79 Å². The molecule has 1 aliphatic heterocycles. The predicted octanol–water partition coefficient (Wildman–Crippen LogP) is 1.98. The molecule has 0 aliphatic carbocycles. The summed E-state index contributed by atoms with van der Waals surface area (Å²) in [5.74, 6) is 1.50. The second kappa shape index (κ2) is 7.77. The fraction of sp³-hybridized carbons (Fsp3) is 0.389. The van der Waals surface area contributed by atoms with Crippen LogP contribution in [0, 0.1) is 0 Å². The Morgan fingerprint density at radius 2 is 1.75 bits per heavy atom. The zero-order chi connectivity index (χ0) is 16.8. The average molecular weight is 326 g/mol. The zero-order valence-electron chi connectivity index (χ0n) is 13.8. The van der Waals surface area contributed by atoms with E-state index in [0.717, 1.165) is 24.8 Å². The van der Waals surface area contributed by atoms with E-state index in [1.807, 2.05) is 42.2 Å². The van der Waals surface area contributed by atoms with Gasteiger partial charge in [0.2, 0.25) is 5.95 Å². The van der Waals surface area contributed by atoms with Gasteiger partial charge in [-0.2, -0.15) is 0 Å². The molecule has 1 amide bonds. The number of aromatic nitrogens is 2. The summed E-state index contributed by atoms with van der Waals surface area (Å²) >= 11 is 0. The van der Waals surface area contributed by atoms with Crippen molar-refractivity contribution in [1.82, 2.24) is 14.9 Å². The van der Waals surface area contributed by atoms with Gasteiger partial charge in [0.25, 0.3) is 5.91 Å². The summed E-state index contributed by atoms with van der Waals surface area (Å²) in [5.41, 5.74) is 0. The van der Waals surface area contributed by atoms with E-state index in [-0.39, 0.29) is 5.91 Å². The first-order valence-electron chi connectivity index (χ1n) is 8.30. The van der Waals surface area contributed by atoms with Crippen LogP contribution in [0.15, 0.2) is 48.8 Å². The Labute approximate surface area is 142 Å². The fourth-order valence-corrected chi connectivity index (χ4v) is 2.76. The monoisotopic (exact) mass is 326 g/mol. The average Bonchev–Trinajstić information content (AvgIpc) is 2.67. The standard InChI is InChI=1S/C18H22N4O2/c1-2-16(24-15-7-4-3-5-8-15)17(23)21-11-13-22(14-12-21)18-19-9-6-10-20-18/h3-10,16H,2,11-14H2,1H3/t16-/m0/s1. The minimum Gasteiger partial charge on any atom is -0.481 e. The van der Waals surface area contributed by atoms with Gasteiger partial charge in [-0.1, -0.05) is 25.1 Å². The van der Waals surface area contributed by atoms with Crippen LogP contribution in [0.5, 0.6) is 5.75 Å². The van der Waals surface area contributed by atoms with Crippen LogP contribution < -0.4 is 9.64 Å². The van der Waals surface area contributed by atoms with Crippen LogP contribution in [0.4, 0.5) is 5.95 Å². The Hall–Kier alpha value is -2.63. The maximum Gasteiger partial charge on any atom is 0.263 e. The van der Waals surface area contributed by atoms with Crippen LogP contribution in [-0.4, -0.2) is 53.1 Å². The molecule has 1 aromatic carbocycles. The molecule has 2 aromatic rings. The van der Waals surface area contributed by atoms with Crippen molar-refractivity contribution < 1.29 is 9.53 Å². The summed E-state index contributed by atoms with van der Waals surface area (Å²) < 4.78 is 5.86. The molecule has 6 nitrogen and oxygen atoms in total. The largest absolute Gasteiger partial charge is 0.481 e. The van der Waals surface area contributed by atoms with Gasteiger partial charge in [-0.15, -0.1) is 0 Å². The van der Waals surface area contributed by atoms with E-state index in [2.05, 4.69) is 14.9 Å². The van der Waals surface area contributed by atoms with Crippen molar-refractivity contribution in [3.8, 4) is 5.75 Å². The summed E-state index contributed by atoms with van der Waals surface area (Å²) in [6, 6.07) is 11.3. The van der Waals surface area contributed by atoms with Crippen molar-refractivity contribution in [3.05, 3.63) is 48.8 Å². The Kier molecular flexibility index (Phi) is 5.25. The molecule has 1 saturated heterocycles. The van der Waals surface area contributed by atoms with Gasteiger partial charge in [-0.25, -0.2) is 9.97 Å². The highest BCUT2D eigenvalue weighted by Crippen LogP contribution is 2.16. The van der Waals surface area contributed by atoms with Gasteiger partial charge in [-0.3, -0.25) is 4.79 Å². The maximum atomic E-state index is 12.7. The van der Waals surface area contributed by atoms with Gasteiger partial charge in [0.1, 0.15) is 5.75 Å². The van der Waals surface area contributed by atoms with Crippen LogP contribution in [0.2, 0.25) is 0 Å². The summed E-state index contributed by atoms with van der Waals surface area (Å²) in [6.45, 7) is 4.76. The third kappa shape index (κ3) is 3.82. The second-order valence-corrected chi connectivity index (χ2v) is 5.69. The molecule has 0 unspecified atom stereocenters. The molecular weight excluding hydrogens is 304 g/mol. The maximum absolute atomic E-state index is 12.7. The highest BCUT2D eigenvalue weighted by atomic mass is 16.5. The molecule has 1 aliphatic rings. The third-order valence-corrected chi connectivity index (χ3v) is 4.09. The number of hydrogen-bond acceptors (Lipinski definition) is 5. The van der Waals surface area contributed by atoms with Gasteiger partial charge in [0.05, 0.1) is 0 Å². The van der Waals surface area contributed by atoms with Crippen LogP contribution in [0.1, 0.15) is 13.3 Å². The lowest BCUT2D eigenvalue weighted by atomic mass is 10.2. The molecule has 0 N–H and O–H groups in total. The lowest BCUT2D eigenvalue weighted by molar-refractivity contribution is -0.139. The lowest BCUT2D eigenvalue weighted by Crippen LogP contribution is -2.52. The van der Waals surface area contributed by atoms with E-state index < -0.39 is 6.10 Å². The first-order chi connectivity index (χ1) is 11.8. The number of amides is 1. The Balaban J connectivity index is 1.57. The first kappa shape index (κ1) is 16.2. The van der Waals surface area contributed by atoms with E-state index >= 15 is 0 Å². The number of hydrogen-bond donors (Lipinski definition) is 0. The third-order valence-electron chi connectivity index (χ3n) is 4.09. The topological polar surface area (TPSA) is 58.6 Å². The molecule has 2 heterocycles. The van der Waals surface area contributed by atoms with Gasteiger partial charge in [-0.05, 0) is 24.6 Å². The summed E-state index contributed by atoms with van der Waals surface area (Å²) in [4.78, 5) is 25.2. The molecule has 24 heavy (non-hydrogen) atoms. The number of carbonyl (C=O) groups is 1. The van der Waals surface area contributed by atoms with Crippen molar-refractivity contribution in [2.75, 3.05) is 31.1 Å². The van der Waals surface area contributed by atoms with E-state index in [4.69, 9.17) is 4.74 Å². The van der Waals surface area contributed by atoms with Gasteiger partial charge < -0.3 is 14.5 Å². The number of anilines is 1. The first-order valence-corrected chi connectivity index (χ1v) is 8.30. The highest BCUT2D eigenvalue weighted by molar-refractivity contribution is 5.81. The molecule has 1 atom stereocenters. The van der Waals surface area contributed by atoms with Crippen molar-refractivity contribution in [2.45, 2.75) is 19.4 Å². The van der Waals surface area contributed by atoms with Crippen molar-refractivity contribution in [3.63, 3.8) is 0 Å². The molecule has 3 rings (SSSR count). The normalized spacial score (nSPS) is 15.9. The quantitative estimate of drug-likeness (QED) is 0.841. The molecule has 126 valence electrons. The number of nitrogens with zero attached hydrogens (tertiary/aromatic N) is 4. The van der Waals surface area contributed by atoms with Crippen LogP contribution >= 0.6 is 0 Å². The van der Waals surface area contributed by atoms with Crippen molar-refractivity contribution in [2.24, 2.45) is 0 Å². The van der Waals surface area contributed by atoms with E-state index in [1.165, 1.54) is 0 Å². The molecular formula is C18H22N4O2. The molecule has 0 spiro atoms.